The van der Waals surface area contributed by atoms with Crippen LogP contribution >= 0.6 is 11.6 Å². The van der Waals surface area contributed by atoms with Crippen LogP contribution in [-0.4, -0.2) is 16.6 Å². The van der Waals surface area contributed by atoms with Crippen LogP contribution in [0.1, 0.15) is 25.2 Å². The van der Waals surface area contributed by atoms with Crippen LogP contribution in [0.5, 0.6) is 5.75 Å². The summed E-state index contributed by atoms with van der Waals surface area (Å²) < 4.78 is 5.42. The Hall–Kier alpha value is -1.81. The van der Waals surface area contributed by atoms with E-state index in [1.165, 1.54) is 0 Å². The van der Waals surface area contributed by atoms with Gasteiger partial charge in [-0.25, -0.2) is 9.97 Å². The van der Waals surface area contributed by atoms with E-state index < -0.39 is 0 Å². The number of halogens is 1. The minimum absolute atomic E-state index is 0.491. The number of nitrogens with zero attached hydrogens (tertiary/aromatic N) is 2. The molecule has 0 fully saturated rings. The molecular weight excluding hydrogens is 274 g/mol. The number of aromatic nitrogens is 2. The topological polar surface area (TPSA) is 47.0 Å². The van der Waals surface area contributed by atoms with E-state index in [9.17, 15) is 0 Å². The van der Waals surface area contributed by atoms with Crippen molar-refractivity contribution in [3.05, 3.63) is 40.8 Å². The van der Waals surface area contributed by atoms with Gasteiger partial charge in [0.1, 0.15) is 22.5 Å². The summed E-state index contributed by atoms with van der Waals surface area (Å²) in [5.41, 5.74) is 1.78. The van der Waals surface area contributed by atoms with E-state index in [0.717, 1.165) is 35.1 Å². The average Bonchev–Trinajstić information content (AvgIpc) is 2.46. The molecule has 0 spiro atoms. The molecule has 0 saturated carbocycles. The van der Waals surface area contributed by atoms with Crippen LogP contribution in [0.2, 0.25) is 5.15 Å². The Morgan fingerprint density at radius 2 is 1.85 bits per heavy atom. The highest BCUT2D eigenvalue weighted by molar-refractivity contribution is 6.30. The van der Waals surface area contributed by atoms with Crippen LogP contribution in [0.4, 0.5) is 11.5 Å². The van der Waals surface area contributed by atoms with E-state index >= 15 is 0 Å². The third kappa shape index (κ3) is 3.39. The standard InChI is InChI=1S/C15H18ClN3O/c1-4-13-18-14(16)10(3)15(19-13)17-11-6-8-12(9-7-11)20-5-2/h6-9H,4-5H2,1-3H3,(H,17,18,19). The van der Waals surface area contributed by atoms with E-state index in [-0.39, 0.29) is 0 Å². The van der Waals surface area contributed by atoms with Crippen molar-refractivity contribution in [3.8, 4) is 5.75 Å². The molecule has 1 aromatic heterocycles. The predicted octanol–water partition coefficient (Wildman–Crippen LogP) is 4.14. The molecule has 1 heterocycles. The maximum Gasteiger partial charge on any atom is 0.138 e. The molecular formula is C15H18ClN3O. The Morgan fingerprint density at radius 3 is 2.45 bits per heavy atom. The third-order valence-electron chi connectivity index (χ3n) is 2.88. The molecule has 106 valence electrons. The van der Waals surface area contributed by atoms with Gasteiger partial charge in [0, 0.05) is 17.7 Å². The summed E-state index contributed by atoms with van der Waals surface area (Å²) in [7, 11) is 0. The lowest BCUT2D eigenvalue weighted by molar-refractivity contribution is 0.340. The fraction of sp³-hybridized carbons (Fsp3) is 0.333. The Labute approximate surface area is 124 Å². The zero-order valence-electron chi connectivity index (χ0n) is 11.9. The molecule has 1 aromatic carbocycles. The fourth-order valence-electron chi connectivity index (χ4n) is 1.75. The highest BCUT2D eigenvalue weighted by Crippen LogP contribution is 2.24. The van der Waals surface area contributed by atoms with Crippen molar-refractivity contribution in [2.45, 2.75) is 27.2 Å². The first kappa shape index (κ1) is 14.6. The number of hydrogen-bond acceptors (Lipinski definition) is 4. The summed E-state index contributed by atoms with van der Waals surface area (Å²) in [4.78, 5) is 8.69. The minimum Gasteiger partial charge on any atom is -0.494 e. The van der Waals surface area contributed by atoms with E-state index in [1.54, 1.807) is 0 Å². The maximum absolute atomic E-state index is 6.12. The average molecular weight is 292 g/mol. The van der Waals surface area contributed by atoms with E-state index in [4.69, 9.17) is 16.3 Å². The molecule has 2 aromatic rings. The summed E-state index contributed by atoms with van der Waals surface area (Å²) >= 11 is 6.12. The molecule has 0 atom stereocenters. The fourth-order valence-corrected chi connectivity index (χ4v) is 1.94. The Morgan fingerprint density at radius 1 is 1.15 bits per heavy atom. The molecule has 0 radical (unpaired) electrons. The van der Waals surface area contributed by atoms with Crippen LogP contribution in [0.3, 0.4) is 0 Å². The monoisotopic (exact) mass is 291 g/mol. The van der Waals surface area contributed by atoms with Crippen molar-refractivity contribution in [1.29, 1.82) is 0 Å². The van der Waals surface area contributed by atoms with Crippen molar-refractivity contribution in [3.63, 3.8) is 0 Å². The molecule has 0 unspecified atom stereocenters. The van der Waals surface area contributed by atoms with Crippen molar-refractivity contribution in [2.24, 2.45) is 0 Å². The molecule has 0 aliphatic heterocycles. The second-order valence-electron chi connectivity index (χ2n) is 4.34. The summed E-state index contributed by atoms with van der Waals surface area (Å²) in [6.45, 7) is 6.53. The maximum atomic E-state index is 6.12. The van der Waals surface area contributed by atoms with Crippen molar-refractivity contribution < 1.29 is 4.74 Å². The lowest BCUT2D eigenvalue weighted by Crippen LogP contribution is -2.03. The molecule has 5 heteroatoms. The SMILES string of the molecule is CCOc1ccc(Nc2nc(CC)nc(Cl)c2C)cc1. The second kappa shape index (κ2) is 6.57. The summed E-state index contributed by atoms with van der Waals surface area (Å²) in [6.07, 6.45) is 0.748. The van der Waals surface area contributed by atoms with Gasteiger partial charge in [-0.3, -0.25) is 0 Å². The van der Waals surface area contributed by atoms with Crippen molar-refractivity contribution in [1.82, 2.24) is 9.97 Å². The molecule has 2 rings (SSSR count). The van der Waals surface area contributed by atoms with Gasteiger partial charge in [-0.2, -0.15) is 0 Å². The molecule has 4 nitrogen and oxygen atoms in total. The lowest BCUT2D eigenvalue weighted by Gasteiger charge is -2.11. The molecule has 0 aliphatic carbocycles. The largest absolute Gasteiger partial charge is 0.494 e. The number of aryl methyl sites for hydroxylation is 1. The number of benzene rings is 1. The highest BCUT2D eigenvalue weighted by Gasteiger charge is 2.08. The van der Waals surface area contributed by atoms with Gasteiger partial charge in [0.25, 0.3) is 0 Å². The second-order valence-corrected chi connectivity index (χ2v) is 4.70. The Kier molecular flexibility index (Phi) is 4.79. The molecule has 0 aliphatic rings. The molecule has 1 N–H and O–H groups in total. The third-order valence-corrected chi connectivity index (χ3v) is 3.24. The zero-order valence-corrected chi connectivity index (χ0v) is 12.7. The molecule has 0 amide bonds. The molecule has 0 bridgehead atoms. The van der Waals surface area contributed by atoms with E-state index in [2.05, 4.69) is 15.3 Å². The van der Waals surface area contributed by atoms with E-state index in [1.807, 2.05) is 45.0 Å². The molecule has 20 heavy (non-hydrogen) atoms. The summed E-state index contributed by atoms with van der Waals surface area (Å²) in [5.74, 6) is 2.32. The van der Waals surface area contributed by atoms with E-state index in [0.29, 0.717) is 11.8 Å². The smallest absolute Gasteiger partial charge is 0.138 e. The van der Waals surface area contributed by atoms with Crippen LogP contribution < -0.4 is 10.1 Å². The minimum atomic E-state index is 0.491. The van der Waals surface area contributed by atoms with Crippen LogP contribution in [0.25, 0.3) is 0 Å². The van der Waals surface area contributed by atoms with Gasteiger partial charge in [-0.1, -0.05) is 18.5 Å². The van der Waals surface area contributed by atoms with Gasteiger partial charge >= 0.3 is 0 Å². The quantitative estimate of drug-likeness (QED) is 0.841. The lowest BCUT2D eigenvalue weighted by atomic mass is 10.2. The normalized spacial score (nSPS) is 10.4. The van der Waals surface area contributed by atoms with Crippen LogP contribution in [-0.2, 0) is 6.42 Å². The predicted molar refractivity (Wildman–Crippen MR) is 82.1 cm³/mol. The number of hydrogen-bond donors (Lipinski definition) is 1. The first-order valence-electron chi connectivity index (χ1n) is 6.67. The number of anilines is 2. The summed E-state index contributed by atoms with van der Waals surface area (Å²) in [5, 5.41) is 3.76. The Bertz CT molecular complexity index is 584. The van der Waals surface area contributed by atoms with Crippen molar-refractivity contribution >= 4 is 23.1 Å². The van der Waals surface area contributed by atoms with Gasteiger partial charge in [-0.05, 0) is 38.1 Å². The van der Waals surface area contributed by atoms with Crippen LogP contribution in [0, 0.1) is 6.92 Å². The van der Waals surface area contributed by atoms with Gasteiger partial charge in [0.15, 0.2) is 0 Å². The Balaban J connectivity index is 2.22. The first-order valence-corrected chi connectivity index (χ1v) is 7.04. The number of rotatable bonds is 5. The van der Waals surface area contributed by atoms with Gasteiger partial charge in [-0.15, -0.1) is 0 Å². The molecule has 0 saturated heterocycles. The van der Waals surface area contributed by atoms with Crippen LogP contribution in [0.15, 0.2) is 24.3 Å². The number of nitrogens with one attached hydrogen (secondary N) is 1. The first-order chi connectivity index (χ1) is 9.63. The van der Waals surface area contributed by atoms with Crippen molar-refractivity contribution in [2.75, 3.05) is 11.9 Å². The highest BCUT2D eigenvalue weighted by atomic mass is 35.5. The van der Waals surface area contributed by atoms with Gasteiger partial charge in [0.2, 0.25) is 0 Å². The van der Waals surface area contributed by atoms with Gasteiger partial charge in [0.05, 0.1) is 6.61 Å². The summed E-state index contributed by atoms with van der Waals surface area (Å²) in [6, 6.07) is 7.74. The zero-order chi connectivity index (χ0) is 14.5. The number of ether oxygens (including phenoxy) is 1. The van der Waals surface area contributed by atoms with Gasteiger partial charge < -0.3 is 10.1 Å².